The third-order valence-electron chi connectivity index (χ3n) is 3.73. The summed E-state index contributed by atoms with van der Waals surface area (Å²) in [7, 11) is 1.51. The van der Waals surface area contributed by atoms with E-state index in [1.54, 1.807) is 36.4 Å². The number of ether oxygens (including phenoxy) is 1. The van der Waals surface area contributed by atoms with Crippen molar-refractivity contribution < 1.29 is 19.4 Å². The number of halogens is 1. The summed E-state index contributed by atoms with van der Waals surface area (Å²) in [4.78, 5) is 28.1. The first-order valence-electron chi connectivity index (χ1n) is 8.22. The van der Waals surface area contributed by atoms with Crippen LogP contribution in [-0.4, -0.2) is 29.0 Å². The molecule has 0 bridgehead atoms. The highest BCUT2D eigenvalue weighted by molar-refractivity contribution is 6.30. The van der Waals surface area contributed by atoms with E-state index in [0.29, 0.717) is 22.1 Å². The SMILES string of the molecule is CNC(=O)c1cc(Oc2cccc(C(=O)Nc3ccc(Cl)cc3O)c2)ccn1. The Kier molecular flexibility index (Phi) is 5.76. The van der Waals surface area contributed by atoms with Crippen LogP contribution in [0, 0.1) is 0 Å². The van der Waals surface area contributed by atoms with Gasteiger partial charge in [0.2, 0.25) is 0 Å². The van der Waals surface area contributed by atoms with Crippen molar-refractivity contribution in [3.8, 4) is 17.2 Å². The quantitative estimate of drug-likeness (QED) is 0.568. The van der Waals surface area contributed by atoms with Crippen molar-refractivity contribution in [3.05, 3.63) is 77.1 Å². The van der Waals surface area contributed by atoms with Crippen LogP contribution in [0.1, 0.15) is 20.8 Å². The molecule has 0 atom stereocenters. The van der Waals surface area contributed by atoms with Gasteiger partial charge in [0.1, 0.15) is 22.9 Å². The fraction of sp³-hybridized carbons (Fsp3) is 0.0500. The number of anilines is 1. The molecule has 7 nitrogen and oxygen atoms in total. The summed E-state index contributed by atoms with van der Waals surface area (Å²) < 4.78 is 5.73. The van der Waals surface area contributed by atoms with Crippen molar-refractivity contribution in [3.63, 3.8) is 0 Å². The predicted octanol–water partition coefficient (Wildman–Crippen LogP) is 3.84. The number of nitrogens with one attached hydrogen (secondary N) is 2. The molecule has 1 heterocycles. The molecule has 0 spiro atoms. The van der Waals surface area contributed by atoms with E-state index in [-0.39, 0.29) is 23.0 Å². The number of amides is 2. The summed E-state index contributed by atoms with van der Waals surface area (Å²) in [6, 6.07) is 14.0. The average Bonchev–Trinajstić information content (AvgIpc) is 2.70. The van der Waals surface area contributed by atoms with Crippen molar-refractivity contribution in [2.45, 2.75) is 0 Å². The van der Waals surface area contributed by atoms with Crippen LogP contribution in [0.3, 0.4) is 0 Å². The minimum Gasteiger partial charge on any atom is -0.506 e. The summed E-state index contributed by atoms with van der Waals surface area (Å²) in [5.41, 5.74) is 0.782. The summed E-state index contributed by atoms with van der Waals surface area (Å²) in [6.45, 7) is 0. The molecule has 2 aromatic carbocycles. The molecule has 0 aliphatic carbocycles. The van der Waals surface area contributed by atoms with Gasteiger partial charge in [0.25, 0.3) is 11.8 Å². The Morgan fingerprint density at radius 1 is 1.04 bits per heavy atom. The summed E-state index contributed by atoms with van der Waals surface area (Å²) in [6.07, 6.45) is 1.46. The Morgan fingerprint density at radius 2 is 1.82 bits per heavy atom. The molecule has 0 radical (unpaired) electrons. The van der Waals surface area contributed by atoms with Crippen LogP contribution in [0.15, 0.2) is 60.8 Å². The lowest BCUT2D eigenvalue weighted by atomic mass is 10.2. The van der Waals surface area contributed by atoms with Crippen LogP contribution in [0.5, 0.6) is 17.2 Å². The predicted molar refractivity (Wildman–Crippen MR) is 105 cm³/mol. The fourth-order valence-corrected chi connectivity index (χ4v) is 2.54. The molecule has 8 heteroatoms. The third kappa shape index (κ3) is 4.57. The van der Waals surface area contributed by atoms with Crippen molar-refractivity contribution in [1.29, 1.82) is 0 Å². The number of carbonyl (C=O) groups is 2. The largest absolute Gasteiger partial charge is 0.506 e. The van der Waals surface area contributed by atoms with Crippen molar-refractivity contribution in [2.24, 2.45) is 0 Å². The Hall–Kier alpha value is -3.58. The lowest BCUT2D eigenvalue weighted by Crippen LogP contribution is -2.18. The standard InChI is InChI=1S/C20H16ClN3O4/c1-22-20(27)17-11-15(7-8-23-17)28-14-4-2-3-12(9-14)19(26)24-16-6-5-13(21)10-18(16)25/h2-11,25H,1H3,(H,22,27)(H,24,26). The van der Waals surface area contributed by atoms with Crippen LogP contribution >= 0.6 is 11.6 Å². The zero-order chi connectivity index (χ0) is 20.1. The van der Waals surface area contributed by atoms with Gasteiger partial charge < -0.3 is 20.5 Å². The summed E-state index contributed by atoms with van der Waals surface area (Å²) >= 11 is 5.79. The van der Waals surface area contributed by atoms with Gasteiger partial charge in [-0.05, 0) is 36.4 Å². The molecule has 1 aromatic heterocycles. The first kappa shape index (κ1) is 19.2. The van der Waals surface area contributed by atoms with Crippen LogP contribution in [0.2, 0.25) is 5.02 Å². The number of nitrogens with zero attached hydrogens (tertiary/aromatic N) is 1. The van der Waals surface area contributed by atoms with Gasteiger partial charge in [-0.2, -0.15) is 0 Å². The Labute approximate surface area is 165 Å². The molecule has 0 unspecified atom stereocenters. The Morgan fingerprint density at radius 3 is 2.57 bits per heavy atom. The molecule has 28 heavy (non-hydrogen) atoms. The van der Waals surface area contributed by atoms with Crippen LogP contribution in [0.25, 0.3) is 0 Å². The number of aromatic hydroxyl groups is 1. The highest BCUT2D eigenvalue weighted by Crippen LogP contribution is 2.28. The minimum atomic E-state index is -0.427. The van der Waals surface area contributed by atoms with Crippen molar-refractivity contribution in [1.82, 2.24) is 10.3 Å². The van der Waals surface area contributed by atoms with Gasteiger partial charge in [0.15, 0.2) is 0 Å². The molecule has 3 N–H and O–H groups in total. The van der Waals surface area contributed by atoms with Gasteiger partial charge >= 0.3 is 0 Å². The molecular weight excluding hydrogens is 382 g/mol. The van der Waals surface area contributed by atoms with E-state index in [0.717, 1.165) is 0 Å². The monoisotopic (exact) mass is 397 g/mol. The smallest absolute Gasteiger partial charge is 0.269 e. The maximum Gasteiger partial charge on any atom is 0.269 e. The van der Waals surface area contributed by atoms with Crippen molar-refractivity contribution >= 4 is 29.1 Å². The van der Waals surface area contributed by atoms with Gasteiger partial charge in [0.05, 0.1) is 5.69 Å². The van der Waals surface area contributed by atoms with E-state index >= 15 is 0 Å². The van der Waals surface area contributed by atoms with E-state index < -0.39 is 5.91 Å². The summed E-state index contributed by atoms with van der Waals surface area (Å²) in [5.74, 6) is -0.0829. The van der Waals surface area contributed by atoms with Crippen molar-refractivity contribution in [2.75, 3.05) is 12.4 Å². The molecule has 142 valence electrons. The lowest BCUT2D eigenvalue weighted by Gasteiger charge is -2.10. The Balaban J connectivity index is 1.77. The molecule has 0 fully saturated rings. The normalized spacial score (nSPS) is 10.2. The van der Waals surface area contributed by atoms with Gasteiger partial charge in [-0.15, -0.1) is 0 Å². The number of aromatic nitrogens is 1. The molecule has 3 rings (SSSR count). The number of phenols is 1. The van der Waals surface area contributed by atoms with E-state index in [4.69, 9.17) is 16.3 Å². The maximum absolute atomic E-state index is 12.5. The second-order valence-electron chi connectivity index (χ2n) is 5.70. The zero-order valence-electron chi connectivity index (χ0n) is 14.8. The average molecular weight is 398 g/mol. The molecule has 0 saturated heterocycles. The number of benzene rings is 2. The number of rotatable bonds is 5. The second kappa shape index (κ2) is 8.41. The molecule has 0 aliphatic heterocycles. The van der Waals surface area contributed by atoms with E-state index in [9.17, 15) is 14.7 Å². The minimum absolute atomic E-state index is 0.133. The van der Waals surface area contributed by atoms with Gasteiger partial charge in [0, 0.05) is 36.0 Å². The number of hydrogen-bond donors (Lipinski definition) is 3. The second-order valence-corrected chi connectivity index (χ2v) is 6.14. The molecule has 3 aromatic rings. The third-order valence-corrected chi connectivity index (χ3v) is 3.97. The number of hydrogen-bond acceptors (Lipinski definition) is 5. The number of pyridine rings is 1. The molecular formula is C20H16ClN3O4. The lowest BCUT2D eigenvalue weighted by molar-refractivity contribution is 0.0957. The summed E-state index contributed by atoms with van der Waals surface area (Å²) in [5, 5.41) is 15.3. The van der Waals surface area contributed by atoms with Gasteiger partial charge in [-0.25, -0.2) is 0 Å². The fourth-order valence-electron chi connectivity index (χ4n) is 2.37. The zero-order valence-corrected chi connectivity index (χ0v) is 15.5. The maximum atomic E-state index is 12.5. The molecule has 2 amide bonds. The Bertz CT molecular complexity index is 1040. The highest BCUT2D eigenvalue weighted by atomic mass is 35.5. The van der Waals surface area contributed by atoms with E-state index in [2.05, 4.69) is 15.6 Å². The van der Waals surface area contributed by atoms with Gasteiger partial charge in [-0.1, -0.05) is 17.7 Å². The first-order chi connectivity index (χ1) is 13.5. The molecule has 0 aliphatic rings. The van der Waals surface area contributed by atoms with Crippen LogP contribution < -0.4 is 15.4 Å². The van der Waals surface area contributed by atoms with E-state index in [1.165, 1.54) is 31.4 Å². The number of carbonyl (C=O) groups excluding carboxylic acids is 2. The highest BCUT2D eigenvalue weighted by Gasteiger charge is 2.11. The first-order valence-corrected chi connectivity index (χ1v) is 8.60. The van der Waals surface area contributed by atoms with E-state index in [1.807, 2.05) is 0 Å². The number of phenolic OH excluding ortho intramolecular Hbond substituents is 1. The topological polar surface area (TPSA) is 101 Å². The van der Waals surface area contributed by atoms with Gasteiger partial charge in [-0.3, -0.25) is 14.6 Å². The molecule has 0 saturated carbocycles. The van der Waals surface area contributed by atoms with Crippen LogP contribution in [0.4, 0.5) is 5.69 Å². The van der Waals surface area contributed by atoms with Crippen LogP contribution in [-0.2, 0) is 0 Å².